The van der Waals surface area contributed by atoms with Gasteiger partial charge < -0.3 is 10.5 Å². The third-order valence-corrected chi connectivity index (χ3v) is 3.74. The highest BCUT2D eigenvalue weighted by atomic mass is 16.5. The van der Waals surface area contributed by atoms with Crippen LogP contribution in [0.5, 0.6) is 5.75 Å². The molecule has 1 heterocycles. The van der Waals surface area contributed by atoms with Crippen molar-refractivity contribution in [3.63, 3.8) is 0 Å². The zero-order valence-electron chi connectivity index (χ0n) is 13.6. The molecule has 1 aliphatic rings. The largest absolute Gasteiger partial charge is 0.484 e. The second-order valence-corrected chi connectivity index (χ2v) is 5.55. The zero-order valence-corrected chi connectivity index (χ0v) is 13.6. The Kier molecular flexibility index (Phi) is 4.35. The Labute approximate surface area is 144 Å². The van der Waals surface area contributed by atoms with E-state index in [1.807, 2.05) is 0 Å². The number of primary amides is 1. The van der Waals surface area contributed by atoms with E-state index in [1.165, 1.54) is 11.8 Å². The van der Waals surface area contributed by atoms with E-state index >= 15 is 0 Å². The number of nitrogens with zero attached hydrogens (tertiary/aromatic N) is 1. The normalized spacial score (nSPS) is 14.5. The molecule has 0 spiro atoms. The summed E-state index contributed by atoms with van der Waals surface area (Å²) in [6.45, 7) is 1.22. The first kappa shape index (κ1) is 16.4. The average molecular weight is 336 g/mol. The monoisotopic (exact) mass is 336 g/mol. The van der Waals surface area contributed by atoms with E-state index in [4.69, 9.17) is 10.5 Å². The minimum Gasteiger partial charge on any atom is -0.484 e. The predicted octanol–water partition coefficient (Wildman–Crippen LogP) is 2.14. The molecule has 2 aromatic carbocycles. The van der Waals surface area contributed by atoms with Crippen LogP contribution in [0.1, 0.15) is 22.8 Å². The molecule has 0 unspecified atom stereocenters. The van der Waals surface area contributed by atoms with Gasteiger partial charge in [-0.05, 0) is 35.9 Å². The maximum atomic E-state index is 12.6. The number of allylic oxidation sites excluding steroid dienone is 1. The van der Waals surface area contributed by atoms with Gasteiger partial charge in [-0.15, -0.1) is 0 Å². The minimum absolute atomic E-state index is 0.195. The molecule has 0 saturated heterocycles. The predicted molar refractivity (Wildman–Crippen MR) is 93.0 cm³/mol. The van der Waals surface area contributed by atoms with Crippen LogP contribution in [0.3, 0.4) is 0 Å². The summed E-state index contributed by atoms with van der Waals surface area (Å²) in [5.74, 6) is -0.492. The minimum atomic E-state index is -0.558. The molecule has 2 N–H and O–H groups in total. The molecule has 6 heteroatoms. The number of carbonyl (C=O) groups excluding carboxylic acids is 3. The molecule has 0 fully saturated rings. The van der Waals surface area contributed by atoms with Crippen molar-refractivity contribution in [2.45, 2.75) is 6.92 Å². The Morgan fingerprint density at radius 1 is 1.12 bits per heavy atom. The van der Waals surface area contributed by atoms with Crippen LogP contribution in [-0.2, 0) is 9.59 Å². The van der Waals surface area contributed by atoms with Crippen LogP contribution < -0.4 is 15.4 Å². The number of rotatable bonds is 4. The Hall–Kier alpha value is -3.41. The SMILES string of the molecule is CC(=O)N1C(=Cc2ccc(OCC(N)=O)cc2)C(=O)c2ccccc21. The number of ketones is 1. The van der Waals surface area contributed by atoms with E-state index in [0.29, 0.717) is 22.7 Å². The average Bonchev–Trinajstić information content (AvgIpc) is 2.87. The van der Waals surface area contributed by atoms with Gasteiger partial charge in [0.05, 0.1) is 11.4 Å². The number of carbonyl (C=O) groups is 3. The van der Waals surface area contributed by atoms with Gasteiger partial charge in [0, 0.05) is 12.5 Å². The molecule has 0 bridgehead atoms. The number of ether oxygens (including phenoxy) is 1. The maximum Gasteiger partial charge on any atom is 0.255 e. The van der Waals surface area contributed by atoms with Gasteiger partial charge >= 0.3 is 0 Å². The Bertz CT molecular complexity index is 885. The zero-order chi connectivity index (χ0) is 18.0. The molecule has 0 aliphatic carbocycles. The molecule has 2 amide bonds. The molecule has 0 atom stereocenters. The number of hydrogen-bond donors (Lipinski definition) is 1. The second-order valence-electron chi connectivity index (χ2n) is 5.55. The van der Waals surface area contributed by atoms with Crippen molar-refractivity contribution in [1.29, 1.82) is 0 Å². The Morgan fingerprint density at radius 2 is 1.80 bits per heavy atom. The molecule has 0 radical (unpaired) electrons. The molecular formula is C19H16N2O4. The first-order chi connectivity index (χ1) is 12.0. The van der Waals surface area contributed by atoms with Crippen LogP contribution in [0.4, 0.5) is 5.69 Å². The van der Waals surface area contributed by atoms with Crippen molar-refractivity contribution in [3.05, 3.63) is 65.4 Å². The molecule has 126 valence electrons. The van der Waals surface area contributed by atoms with Crippen LogP contribution in [0.25, 0.3) is 6.08 Å². The number of fused-ring (bicyclic) bond motifs is 1. The van der Waals surface area contributed by atoms with Crippen LogP contribution in [0, 0.1) is 0 Å². The highest BCUT2D eigenvalue weighted by Crippen LogP contribution is 2.35. The molecule has 0 aromatic heterocycles. The summed E-state index contributed by atoms with van der Waals surface area (Å²) in [5.41, 5.74) is 7.16. The third-order valence-electron chi connectivity index (χ3n) is 3.74. The van der Waals surface area contributed by atoms with Gasteiger partial charge in [-0.25, -0.2) is 0 Å². The fourth-order valence-electron chi connectivity index (χ4n) is 2.67. The number of nitrogens with two attached hydrogens (primary N) is 1. The molecule has 6 nitrogen and oxygen atoms in total. The van der Waals surface area contributed by atoms with Crippen molar-refractivity contribution in [2.75, 3.05) is 11.5 Å². The van der Waals surface area contributed by atoms with E-state index in [2.05, 4.69) is 0 Å². The highest BCUT2D eigenvalue weighted by Gasteiger charge is 2.34. The first-order valence-electron chi connectivity index (χ1n) is 7.64. The van der Waals surface area contributed by atoms with Crippen molar-refractivity contribution in [3.8, 4) is 5.75 Å². The first-order valence-corrected chi connectivity index (χ1v) is 7.64. The molecule has 2 aromatic rings. The van der Waals surface area contributed by atoms with Gasteiger partial charge in [0.2, 0.25) is 11.7 Å². The maximum absolute atomic E-state index is 12.6. The summed E-state index contributed by atoms with van der Waals surface area (Å²) in [7, 11) is 0. The fourth-order valence-corrected chi connectivity index (χ4v) is 2.67. The van der Waals surface area contributed by atoms with E-state index in [-0.39, 0.29) is 18.3 Å². The lowest BCUT2D eigenvalue weighted by molar-refractivity contribution is -0.120. The third kappa shape index (κ3) is 3.28. The summed E-state index contributed by atoms with van der Waals surface area (Å²) in [6, 6.07) is 13.8. The van der Waals surface area contributed by atoms with Crippen molar-refractivity contribution in [1.82, 2.24) is 0 Å². The van der Waals surface area contributed by atoms with Crippen LogP contribution >= 0.6 is 0 Å². The number of amides is 2. The Morgan fingerprint density at radius 3 is 2.44 bits per heavy atom. The number of para-hydroxylation sites is 1. The molecule has 3 rings (SSSR count). The standard InChI is InChI=1S/C19H16N2O4/c1-12(22)21-16-5-3-2-4-15(16)19(24)17(21)10-13-6-8-14(9-7-13)25-11-18(20)23/h2-10H,11H2,1H3,(H2,20,23). The summed E-state index contributed by atoms with van der Waals surface area (Å²) in [5, 5.41) is 0. The molecular weight excluding hydrogens is 320 g/mol. The lowest BCUT2D eigenvalue weighted by Gasteiger charge is -2.16. The van der Waals surface area contributed by atoms with Gasteiger partial charge in [0.1, 0.15) is 5.75 Å². The fraction of sp³-hybridized carbons (Fsp3) is 0.105. The molecule has 0 saturated carbocycles. The quantitative estimate of drug-likeness (QED) is 0.866. The van der Waals surface area contributed by atoms with Gasteiger partial charge in [-0.1, -0.05) is 24.3 Å². The summed E-state index contributed by atoms with van der Waals surface area (Å²) < 4.78 is 5.20. The number of benzene rings is 2. The second kappa shape index (κ2) is 6.60. The van der Waals surface area contributed by atoms with Gasteiger partial charge in [-0.3, -0.25) is 19.3 Å². The summed E-state index contributed by atoms with van der Waals surface area (Å²) in [6.07, 6.45) is 1.65. The van der Waals surface area contributed by atoms with E-state index in [9.17, 15) is 14.4 Å². The number of anilines is 1. The summed E-state index contributed by atoms with van der Waals surface area (Å²) >= 11 is 0. The number of Topliss-reactive ketones (excluding diaryl/α,β-unsaturated/α-hetero) is 1. The molecule has 1 aliphatic heterocycles. The van der Waals surface area contributed by atoms with E-state index < -0.39 is 5.91 Å². The lowest BCUT2D eigenvalue weighted by Crippen LogP contribution is -2.25. The van der Waals surface area contributed by atoms with Crippen LogP contribution in [0.15, 0.2) is 54.2 Å². The van der Waals surface area contributed by atoms with Crippen molar-refractivity contribution < 1.29 is 19.1 Å². The number of hydrogen-bond acceptors (Lipinski definition) is 4. The summed E-state index contributed by atoms with van der Waals surface area (Å²) in [4.78, 5) is 36.8. The van der Waals surface area contributed by atoms with Crippen LogP contribution in [-0.4, -0.2) is 24.2 Å². The van der Waals surface area contributed by atoms with Gasteiger partial charge in [0.15, 0.2) is 6.61 Å². The van der Waals surface area contributed by atoms with E-state index in [1.54, 1.807) is 54.6 Å². The molecule has 25 heavy (non-hydrogen) atoms. The smallest absolute Gasteiger partial charge is 0.255 e. The van der Waals surface area contributed by atoms with Gasteiger partial charge in [-0.2, -0.15) is 0 Å². The lowest BCUT2D eigenvalue weighted by atomic mass is 10.1. The van der Waals surface area contributed by atoms with Crippen molar-refractivity contribution in [2.24, 2.45) is 5.73 Å². The van der Waals surface area contributed by atoms with Gasteiger partial charge in [0.25, 0.3) is 5.91 Å². The van der Waals surface area contributed by atoms with Crippen LogP contribution in [0.2, 0.25) is 0 Å². The van der Waals surface area contributed by atoms with E-state index in [0.717, 1.165) is 5.56 Å². The van der Waals surface area contributed by atoms with Crippen molar-refractivity contribution >= 4 is 29.4 Å². The topological polar surface area (TPSA) is 89.7 Å². The Balaban J connectivity index is 1.91. The highest BCUT2D eigenvalue weighted by molar-refractivity contribution is 6.26.